The zero-order valence-electron chi connectivity index (χ0n) is 10.7. The summed E-state index contributed by atoms with van der Waals surface area (Å²) in [6, 6.07) is 1.14. The maximum absolute atomic E-state index is 5.51. The molecule has 2 fully saturated rings. The van der Waals surface area contributed by atoms with Crippen LogP contribution in [0.1, 0.15) is 13.8 Å². The highest BCUT2D eigenvalue weighted by Crippen LogP contribution is 2.18. The van der Waals surface area contributed by atoms with Gasteiger partial charge in [0.1, 0.15) is 0 Å². The summed E-state index contributed by atoms with van der Waals surface area (Å²) >= 11 is 0. The van der Waals surface area contributed by atoms with Gasteiger partial charge in [-0.25, -0.2) is 0 Å². The predicted molar refractivity (Wildman–Crippen MR) is 63.7 cm³/mol. The molecule has 16 heavy (non-hydrogen) atoms. The number of piperazine rings is 1. The average molecular weight is 228 g/mol. The van der Waals surface area contributed by atoms with Gasteiger partial charge in [0.2, 0.25) is 0 Å². The quantitative estimate of drug-likeness (QED) is 0.699. The van der Waals surface area contributed by atoms with Crippen molar-refractivity contribution in [2.45, 2.75) is 32.0 Å². The van der Waals surface area contributed by atoms with Crippen LogP contribution >= 0.6 is 0 Å². The standard InChI is InChI=1S/C12H24N2O2/c1-10(2)13-4-6-14(7-5-13)11-8-16-9-12(11)15-3/h10-12H,4-9H2,1-3H3. The van der Waals surface area contributed by atoms with Crippen molar-refractivity contribution in [1.29, 1.82) is 0 Å². The van der Waals surface area contributed by atoms with Crippen molar-refractivity contribution >= 4 is 0 Å². The van der Waals surface area contributed by atoms with E-state index < -0.39 is 0 Å². The number of hydrogen-bond donors (Lipinski definition) is 0. The van der Waals surface area contributed by atoms with Crippen LogP contribution in [0.25, 0.3) is 0 Å². The van der Waals surface area contributed by atoms with Crippen LogP contribution in [0.15, 0.2) is 0 Å². The minimum Gasteiger partial charge on any atom is -0.377 e. The van der Waals surface area contributed by atoms with Gasteiger partial charge in [0.15, 0.2) is 0 Å². The van der Waals surface area contributed by atoms with Gasteiger partial charge in [-0.2, -0.15) is 0 Å². The predicted octanol–water partition coefficient (Wildman–Crippen LogP) is 0.426. The molecule has 0 N–H and O–H groups in total. The number of methoxy groups -OCH3 is 1. The number of ether oxygens (including phenoxy) is 2. The van der Waals surface area contributed by atoms with Crippen LogP contribution in [0.5, 0.6) is 0 Å². The first-order valence-electron chi connectivity index (χ1n) is 6.31. The molecule has 2 rings (SSSR count). The van der Waals surface area contributed by atoms with Crippen molar-refractivity contribution in [3.63, 3.8) is 0 Å². The van der Waals surface area contributed by atoms with Crippen molar-refractivity contribution in [3.8, 4) is 0 Å². The summed E-state index contributed by atoms with van der Waals surface area (Å²) in [5.41, 5.74) is 0. The smallest absolute Gasteiger partial charge is 0.0981 e. The lowest BCUT2D eigenvalue weighted by Gasteiger charge is -2.40. The second-order valence-corrected chi connectivity index (χ2v) is 5.04. The summed E-state index contributed by atoms with van der Waals surface area (Å²) in [6.45, 7) is 10.8. The van der Waals surface area contributed by atoms with Crippen LogP contribution in [-0.4, -0.2) is 74.5 Å². The number of rotatable bonds is 3. The highest BCUT2D eigenvalue weighted by Gasteiger charge is 2.34. The van der Waals surface area contributed by atoms with Gasteiger partial charge in [-0.3, -0.25) is 9.80 Å². The van der Waals surface area contributed by atoms with Crippen molar-refractivity contribution in [2.24, 2.45) is 0 Å². The molecule has 2 aliphatic heterocycles. The first-order chi connectivity index (χ1) is 7.72. The molecular formula is C12H24N2O2. The minimum absolute atomic E-state index is 0.269. The Hall–Kier alpha value is -0.160. The SMILES string of the molecule is COC1COCC1N1CCN(C(C)C)CC1. The Morgan fingerprint density at radius 2 is 1.81 bits per heavy atom. The Balaban J connectivity index is 1.84. The number of hydrogen-bond acceptors (Lipinski definition) is 4. The molecule has 2 atom stereocenters. The monoisotopic (exact) mass is 228 g/mol. The summed E-state index contributed by atoms with van der Waals surface area (Å²) in [4.78, 5) is 5.06. The Bertz CT molecular complexity index is 215. The summed E-state index contributed by atoms with van der Waals surface area (Å²) < 4.78 is 11.0. The van der Waals surface area contributed by atoms with Crippen molar-refractivity contribution in [3.05, 3.63) is 0 Å². The van der Waals surface area contributed by atoms with Gasteiger partial charge in [-0.05, 0) is 13.8 Å². The molecule has 4 nitrogen and oxygen atoms in total. The Morgan fingerprint density at radius 3 is 2.38 bits per heavy atom. The van der Waals surface area contributed by atoms with E-state index in [-0.39, 0.29) is 6.10 Å². The molecule has 0 aliphatic carbocycles. The van der Waals surface area contributed by atoms with E-state index in [1.54, 1.807) is 7.11 Å². The maximum Gasteiger partial charge on any atom is 0.0981 e. The van der Waals surface area contributed by atoms with E-state index in [4.69, 9.17) is 9.47 Å². The lowest BCUT2D eigenvalue weighted by Crippen LogP contribution is -2.55. The van der Waals surface area contributed by atoms with Gasteiger partial charge >= 0.3 is 0 Å². The highest BCUT2D eigenvalue weighted by atomic mass is 16.5. The second-order valence-electron chi connectivity index (χ2n) is 5.04. The Kier molecular flexibility index (Phi) is 4.19. The highest BCUT2D eigenvalue weighted by molar-refractivity contribution is 4.88. The van der Waals surface area contributed by atoms with Crippen LogP contribution in [0.2, 0.25) is 0 Å². The second kappa shape index (κ2) is 5.45. The average Bonchev–Trinajstić information content (AvgIpc) is 2.77. The fraction of sp³-hybridized carbons (Fsp3) is 1.00. The van der Waals surface area contributed by atoms with Crippen LogP contribution < -0.4 is 0 Å². The van der Waals surface area contributed by atoms with E-state index in [2.05, 4.69) is 23.6 Å². The lowest BCUT2D eigenvalue weighted by molar-refractivity contribution is 0.0143. The molecule has 2 unspecified atom stereocenters. The molecule has 0 saturated carbocycles. The third-order valence-corrected chi connectivity index (χ3v) is 3.85. The van der Waals surface area contributed by atoms with E-state index in [0.29, 0.717) is 12.1 Å². The molecule has 0 aromatic carbocycles. The molecule has 2 heterocycles. The summed E-state index contributed by atoms with van der Waals surface area (Å²) in [7, 11) is 1.79. The van der Waals surface area contributed by atoms with E-state index >= 15 is 0 Å². The molecule has 2 aliphatic rings. The molecule has 0 aromatic heterocycles. The third-order valence-electron chi connectivity index (χ3n) is 3.85. The Labute approximate surface area is 98.5 Å². The van der Waals surface area contributed by atoms with Crippen molar-refractivity contribution in [1.82, 2.24) is 9.80 Å². The van der Waals surface area contributed by atoms with Crippen molar-refractivity contribution in [2.75, 3.05) is 46.5 Å². The summed E-state index contributed by atoms with van der Waals surface area (Å²) in [6.07, 6.45) is 0.269. The van der Waals surface area contributed by atoms with E-state index in [1.165, 1.54) is 13.1 Å². The van der Waals surface area contributed by atoms with Crippen LogP contribution in [-0.2, 0) is 9.47 Å². The maximum atomic E-state index is 5.51. The fourth-order valence-corrected chi connectivity index (χ4v) is 2.67. The first-order valence-corrected chi connectivity index (χ1v) is 6.31. The van der Waals surface area contributed by atoms with Gasteiger partial charge in [-0.15, -0.1) is 0 Å². The summed E-state index contributed by atoms with van der Waals surface area (Å²) in [5, 5.41) is 0. The van der Waals surface area contributed by atoms with Gasteiger partial charge in [0, 0.05) is 39.3 Å². The first kappa shape index (κ1) is 12.3. The third kappa shape index (κ3) is 2.56. The largest absolute Gasteiger partial charge is 0.377 e. The minimum atomic E-state index is 0.269. The van der Waals surface area contributed by atoms with E-state index in [1.807, 2.05) is 0 Å². The van der Waals surface area contributed by atoms with Gasteiger partial charge < -0.3 is 9.47 Å². The number of nitrogens with zero attached hydrogens (tertiary/aromatic N) is 2. The van der Waals surface area contributed by atoms with Gasteiger partial charge in [-0.1, -0.05) is 0 Å². The fourth-order valence-electron chi connectivity index (χ4n) is 2.67. The molecule has 0 aromatic rings. The van der Waals surface area contributed by atoms with Gasteiger partial charge in [0.05, 0.1) is 25.4 Å². The normalized spacial score (nSPS) is 33.8. The molecule has 2 saturated heterocycles. The molecule has 4 heteroatoms. The van der Waals surface area contributed by atoms with Crippen LogP contribution in [0, 0.1) is 0 Å². The Morgan fingerprint density at radius 1 is 1.12 bits per heavy atom. The van der Waals surface area contributed by atoms with Crippen LogP contribution in [0.3, 0.4) is 0 Å². The molecule has 0 radical (unpaired) electrons. The molecule has 0 spiro atoms. The summed E-state index contributed by atoms with van der Waals surface area (Å²) in [5.74, 6) is 0. The lowest BCUT2D eigenvalue weighted by atomic mass is 10.1. The van der Waals surface area contributed by atoms with E-state index in [0.717, 1.165) is 26.3 Å². The zero-order chi connectivity index (χ0) is 11.5. The topological polar surface area (TPSA) is 24.9 Å². The zero-order valence-corrected chi connectivity index (χ0v) is 10.7. The van der Waals surface area contributed by atoms with E-state index in [9.17, 15) is 0 Å². The molecule has 94 valence electrons. The van der Waals surface area contributed by atoms with Crippen LogP contribution in [0.4, 0.5) is 0 Å². The molecule has 0 bridgehead atoms. The molecule has 0 amide bonds. The van der Waals surface area contributed by atoms with Crippen molar-refractivity contribution < 1.29 is 9.47 Å². The molecular weight excluding hydrogens is 204 g/mol. The van der Waals surface area contributed by atoms with Gasteiger partial charge in [0.25, 0.3) is 0 Å².